The van der Waals surface area contributed by atoms with E-state index in [0.717, 1.165) is 12.2 Å². The highest BCUT2D eigenvalue weighted by atomic mass is 16.6. The van der Waals surface area contributed by atoms with Crippen LogP contribution in [0.2, 0.25) is 0 Å². The molecule has 110 valence electrons. The molecule has 3 unspecified atom stereocenters. The summed E-state index contributed by atoms with van der Waals surface area (Å²) < 4.78 is 0. The standard InChI is InChI=1S/C14H14N2O5/c15-12-10(16(20)21)7-4-8-14(12,19)13(18)11(17)9-5-2-1-3-6-9/h1-8,11-12,17,19H,15H2. The van der Waals surface area contributed by atoms with Crippen molar-refractivity contribution in [3.05, 3.63) is 69.9 Å². The first-order chi connectivity index (χ1) is 9.88. The van der Waals surface area contributed by atoms with Gasteiger partial charge in [-0.1, -0.05) is 36.4 Å². The zero-order valence-electron chi connectivity index (χ0n) is 10.9. The minimum Gasteiger partial charge on any atom is -0.380 e. The van der Waals surface area contributed by atoms with Gasteiger partial charge in [-0.15, -0.1) is 0 Å². The number of Topliss-reactive ketones (excluding diaryl/α,β-unsaturated/α-hetero) is 1. The molecule has 1 aromatic rings. The fourth-order valence-corrected chi connectivity index (χ4v) is 2.14. The summed E-state index contributed by atoms with van der Waals surface area (Å²) in [5.74, 6) is -1.01. The number of nitrogens with two attached hydrogens (primary N) is 1. The summed E-state index contributed by atoms with van der Waals surface area (Å²) in [5, 5.41) is 31.3. The maximum Gasteiger partial charge on any atom is 0.266 e. The van der Waals surface area contributed by atoms with Crippen LogP contribution in [0, 0.1) is 10.1 Å². The smallest absolute Gasteiger partial charge is 0.266 e. The van der Waals surface area contributed by atoms with E-state index in [0.29, 0.717) is 0 Å². The molecule has 0 aliphatic heterocycles. The Hall–Kier alpha value is -2.35. The van der Waals surface area contributed by atoms with Crippen LogP contribution in [0.5, 0.6) is 0 Å². The van der Waals surface area contributed by atoms with Crippen LogP contribution < -0.4 is 5.73 Å². The average molecular weight is 290 g/mol. The first kappa shape index (κ1) is 15.0. The van der Waals surface area contributed by atoms with Gasteiger partial charge in [0.2, 0.25) is 5.78 Å². The number of rotatable bonds is 4. The van der Waals surface area contributed by atoms with Crippen LogP contribution >= 0.6 is 0 Å². The van der Waals surface area contributed by atoms with Gasteiger partial charge in [-0.05, 0) is 11.6 Å². The Bertz CT molecular complexity index is 626. The number of hydrogen-bond donors (Lipinski definition) is 3. The molecular weight excluding hydrogens is 276 g/mol. The number of ketones is 1. The average Bonchev–Trinajstić information content (AvgIpc) is 2.49. The van der Waals surface area contributed by atoms with Gasteiger partial charge in [0.1, 0.15) is 12.1 Å². The second kappa shape index (κ2) is 5.57. The number of aliphatic hydroxyl groups excluding tert-OH is 1. The van der Waals surface area contributed by atoms with E-state index in [1.807, 2.05) is 0 Å². The van der Waals surface area contributed by atoms with Crippen molar-refractivity contribution >= 4 is 5.78 Å². The Morgan fingerprint density at radius 1 is 1.38 bits per heavy atom. The number of nitrogens with zero attached hydrogens (tertiary/aromatic N) is 1. The number of aliphatic hydroxyl groups is 2. The zero-order chi connectivity index (χ0) is 15.6. The van der Waals surface area contributed by atoms with E-state index in [-0.39, 0.29) is 5.56 Å². The minimum absolute atomic E-state index is 0.272. The third-order valence-electron chi connectivity index (χ3n) is 3.38. The second-order valence-corrected chi connectivity index (χ2v) is 4.69. The summed E-state index contributed by atoms with van der Waals surface area (Å²) >= 11 is 0. The van der Waals surface area contributed by atoms with Crippen LogP contribution in [0.4, 0.5) is 0 Å². The van der Waals surface area contributed by atoms with E-state index in [4.69, 9.17) is 5.73 Å². The van der Waals surface area contributed by atoms with E-state index >= 15 is 0 Å². The molecule has 7 heteroatoms. The lowest BCUT2D eigenvalue weighted by atomic mass is 9.81. The van der Waals surface area contributed by atoms with Crippen LogP contribution in [0.3, 0.4) is 0 Å². The lowest BCUT2D eigenvalue weighted by molar-refractivity contribution is -0.432. The quantitative estimate of drug-likeness (QED) is 0.532. The monoisotopic (exact) mass is 290 g/mol. The van der Waals surface area contributed by atoms with Crippen molar-refractivity contribution < 1.29 is 19.9 Å². The van der Waals surface area contributed by atoms with Gasteiger partial charge in [-0.3, -0.25) is 14.9 Å². The van der Waals surface area contributed by atoms with E-state index < -0.39 is 34.2 Å². The Morgan fingerprint density at radius 3 is 2.57 bits per heavy atom. The molecule has 7 nitrogen and oxygen atoms in total. The largest absolute Gasteiger partial charge is 0.380 e. The van der Waals surface area contributed by atoms with E-state index in [9.17, 15) is 25.1 Å². The van der Waals surface area contributed by atoms with Crippen LogP contribution in [-0.4, -0.2) is 32.6 Å². The van der Waals surface area contributed by atoms with Crippen molar-refractivity contribution in [2.75, 3.05) is 0 Å². The van der Waals surface area contributed by atoms with Crippen LogP contribution in [-0.2, 0) is 4.79 Å². The van der Waals surface area contributed by atoms with E-state index in [1.54, 1.807) is 18.2 Å². The second-order valence-electron chi connectivity index (χ2n) is 4.69. The van der Waals surface area contributed by atoms with E-state index in [1.165, 1.54) is 18.2 Å². The Labute approximate surface area is 120 Å². The molecule has 1 aromatic carbocycles. The van der Waals surface area contributed by atoms with Crippen LogP contribution in [0.25, 0.3) is 0 Å². The summed E-state index contributed by atoms with van der Waals surface area (Å²) in [6.07, 6.45) is 1.72. The van der Waals surface area contributed by atoms with Gasteiger partial charge in [0.15, 0.2) is 5.60 Å². The highest BCUT2D eigenvalue weighted by molar-refractivity contribution is 5.95. The highest BCUT2D eigenvalue weighted by Crippen LogP contribution is 2.29. The highest BCUT2D eigenvalue weighted by Gasteiger charge is 2.49. The van der Waals surface area contributed by atoms with Gasteiger partial charge < -0.3 is 15.9 Å². The maximum absolute atomic E-state index is 12.3. The molecule has 0 radical (unpaired) electrons. The summed E-state index contributed by atoms with van der Waals surface area (Å²) in [5.41, 5.74) is 3.09. The molecule has 3 atom stereocenters. The number of nitro groups is 1. The molecule has 0 saturated heterocycles. The molecule has 1 aliphatic rings. The lowest BCUT2D eigenvalue weighted by Crippen LogP contribution is -2.57. The lowest BCUT2D eigenvalue weighted by Gasteiger charge is -2.31. The first-order valence-corrected chi connectivity index (χ1v) is 6.17. The van der Waals surface area contributed by atoms with Gasteiger partial charge in [-0.2, -0.15) is 0 Å². The molecular formula is C14H14N2O5. The zero-order valence-corrected chi connectivity index (χ0v) is 10.9. The topological polar surface area (TPSA) is 127 Å². The molecule has 0 amide bonds. The molecule has 0 spiro atoms. The Kier molecular flexibility index (Phi) is 3.99. The van der Waals surface area contributed by atoms with Crippen molar-refractivity contribution in [3.63, 3.8) is 0 Å². The van der Waals surface area contributed by atoms with Crippen molar-refractivity contribution in [1.82, 2.24) is 0 Å². The van der Waals surface area contributed by atoms with Crippen LogP contribution in [0.15, 0.2) is 54.3 Å². The SMILES string of the molecule is NC1C([N+](=O)[O-])=CC=CC1(O)C(=O)C(O)c1ccccc1. The van der Waals surface area contributed by atoms with Gasteiger partial charge in [0.05, 0.1) is 4.92 Å². The molecule has 0 fully saturated rings. The normalized spacial score (nSPS) is 26.0. The number of carbonyl (C=O) groups excluding carboxylic acids is 1. The van der Waals surface area contributed by atoms with E-state index in [2.05, 4.69) is 0 Å². The third-order valence-corrected chi connectivity index (χ3v) is 3.38. The molecule has 4 N–H and O–H groups in total. The Balaban J connectivity index is 2.32. The minimum atomic E-state index is -2.33. The predicted octanol–water partition coefficient (Wildman–Crippen LogP) is 0.0779. The number of hydrogen-bond acceptors (Lipinski definition) is 6. The number of allylic oxidation sites excluding steroid dienone is 2. The van der Waals surface area contributed by atoms with Gasteiger partial charge in [-0.25, -0.2) is 0 Å². The third kappa shape index (κ3) is 2.62. The summed E-state index contributed by atoms with van der Waals surface area (Å²) in [4.78, 5) is 22.4. The maximum atomic E-state index is 12.3. The molecule has 2 rings (SSSR count). The summed E-state index contributed by atoms with van der Waals surface area (Å²) in [6.45, 7) is 0. The van der Waals surface area contributed by atoms with Crippen molar-refractivity contribution in [2.45, 2.75) is 17.7 Å². The number of carbonyl (C=O) groups is 1. The van der Waals surface area contributed by atoms with Gasteiger partial charge in [0.25, 0.3) is 5.70 Å². The molecule has 0 heterocycles. The molecule has 21 heavy (non-hydrogen) atoms. The molecule has 0 aromatic heterocycles. The fraction of sp³-hybridized carbons (Fsp3) is 0.214. The first-order valence-electron chi connectivity index (χ1n) is 6.17. The Morgan fingerprint density at radius 2 is 2.00 bits per heavy atom. The van der Waals surface area contributed by atoms with Crippen molar-refractivity contribution in [1.29, 1.82) is 0 Å². The predicted molar refractivity (Wildman–Crippen MR) is 73.6 cm³/mol. The summed E-state index contributed by atoms with van der Waals surface area (Å²) in [7, 11) is 0. The molecule has 0 saturated carbocycles. The number of benzene rings is 1. The van der Waals surface area contributed by atoms with Gasteiger partial charge in [0, 0.05) is 6.08 Å². The van der Waals surface area contributed by atoms with Crippen molar-refractivity contribution in [3.8, 4) is 0 Å². The van der Waals surface area contributed by atoms with Crippen LogP contribution in [0.1, 0.15) is 11.7 Å². The fourth-order valence-electron chi connectivity index (χ4n) is 2.14. The molecule has 0 bridgehead atoms. The summed E-state index contributed by atoms with van der Waals surface area (Å²) in [6, 6.07) is 6.41. The van der Waals surface area contributed by atoms with Crippen molar-refractivity contribution in [2.24, 2.45) is 5.73 Å². The molecule has 1 aliphatic carbocycles. The van der Waals surface area contributed by atoms with Gasteiger partial charge >= 0.3 is 0 Å².